The van der Waals surface area contributed by atoms with Crippen LogP contribution < -0.4 is 10.0 Å². The van der Waals surface area contributed by atoms with Crippen molar-refractivity contribution in [1.82, 2.24) is 10.0 Å². The number of hydrogen-bond donors (Lipinski definition) is 2. The zero-order chi connectivity index (χ0) is 28.6. The molecule has 0 saturated carbocycles. The third kappa shape index (κ3) is 8.42. The number of halogens is 1. The van der Waals surface area contributed by atoms with E-state index in [0.717, 1.165) is 5.56 Å². The number of nitrogens with one attached hydrogen (secondary N) is 2. The van der Waals surface area contributed by atoms with E-state index in [1.54, 1.807) is 26.0 Å². The summed E-state index contributed by atoms with van der Waals surface area (Å²) in [5.74, 6) is -2.03. The van der Waals surface area contributed by atoms with Gasteiger partial charge in [-0.3, -0.25) is 14.9 Å². The molecule has 12 heteroatoms. The van der Waals surface area contributed by atoms with Crippen molar-refractivity contribution in [2.24, 2.45) is 0 Å². The van der Waals surface area contributed by atoms with Crippen LogP contribution in [0.15, 0.2) is 77.7 Å². The molecular formula is C27H28FN3O7S. The van der Waals surface area contributed by atoms with E-state index in [1.807, 2.05) is 0 Å². The first-order valence-corrected chi connectivity index (χ1v) is 13.5. The Kier molecular flexibility index (Phi) is 9.85. The summed E-state index contributed by atoms with van der Waals surface area (Å²) in [4.78, 5) is 36.5. The van der Waals surface area contributed by atoms with Crippen LogP contribution in [0, 0.1) is 22.9 Å². The number of nitro benzene ring substituents is 1. The van der Waals surface area contributed by atoms with Crippen LogP contribution in [0.1, 0.15) is 23.6 Å². The quantitative estimate of drug-likeness (QED) is 0.198. The maximum atomic E-state index is 13.4. The highest BCUT2D eigenvalue weighted by atomic mass is 32.2. The van der Waals surface area contributed by atoms with Gasteiger partial charge >= 0.3 is 5.97 Å². The highest BCUT2D eigenvalue weighted by Crippen LogP contribution is 2.16. The van der Waals surface area contributed by atoms with Crippen LogP contribution in [0.3, 0.4) is 0 Å². The molecule has 2 N–H and O–H groups in total. The molecule has 0 bridgehead atoms. The number of sulfonamides is 1. The van der Waals surface area contributed by atoms with E-state index >= 15 is 0 Å². The number of non-ortho nitro benzene ring substituents is 1. The minimum atomic E-state index is -4.17. The number of amides is 1. The number of esters is 1. The fourth-order valence-electron chi connectivity index (χ4n) is 3.71. The highest BCUT2D eigenvalue weighted by Gasteiger charge is 2.30. The Morgan fingerprint density at radius 2 is 1.46 bits per heavy atom. The fourth-order valence-corrected chi connectivity index (χ4v) is 4.91. The molecular weight excluding hydrogens is 529 g/mol. The summed E-state index contributed by atoms with van der Waals surface area (Å²) in [5.41, 5.74) is 1.66. The van der Waals surface area contributed by atoms with Gasteiger partial charge in [-0.15, -0.1) is 0 Å². The first-order chi connectivity index (χ1) is 18.5. The average Bonchev–Trinajstić information content (AvgIpc) is 2.89. The van der Waals surface area contributed by atoms with Gasteiger partial charge in [0.2, 0.25) is 15.9 Å². The van der Waals surface area contributed by atoms with Crippen molar-refractivity contribution in [3.63, 3.8) is 0 Å². The number of nitro groups is 1. The van der Waals surface area contributed by atoms with Gasteiger partial charge in [0.15, 0.2) is 0 Å². The average molecular weight is 558 g/mol. The summed E-state index contributed by atoms with van der Waals surface area (Å²) in [6.45, 7) is 3.44. The number of rotatable bonds is 12. The number of benzene rings is 3. The van der Waals surface area contributed by atoms with Gasteiger partial charge in [0.1, 0.15) is 17.9 Å². The van der Waals surface area contributed by atoms with Gasteiger partial charge in [-0.2, -0.15) is 4.72 Å². The maximum Gasteiger partial charge on any atom is 0.328 e. The van der Waals surface area contributed by atoms with Crippen molar-refractivity contribution in [3.05, 3.63) is 105 Å². The Morgan fingerprint density at radius 1 is 0.923 bits per heavy atom. The third-order valence-corrected chi connectivity index (χ3v) is 7.26. The van der Waals surface area contributed by atoms with Gasteiger partial charge in [-0.25, -0.2) is 17.6 Å². The van der Waals surface area contributed by atoms with E-state index in [4.69, 9.17) is 4.74 Å². The standard InChI is InChI=1S/C27H28FN3O7S/c1-3-38-27(33)25(17-19-6-10-21(28)11-7-19)29-26(32)24(16-20-8-12-22(13-9-20)31(34)35)30-39(36,37)23-14-4-18(2)5-15-23/h4-15,24-25,30H,3,16-17H2,1-2H3,(H,29,32)/t24-,25-/m0/s1. The number of hydrogen-bond acceptors (Lipinski definition) is 7. The van der Waals surface area contributed by atoms with Gasteiger partial charge in [0, 0.05) is 18.6 Å². The summed E-state index contributed by atoms with van der Waals surface area (Å²) < 4.78 is 47.1. The molecule has 0 heterocycles. The fraction of sp³-hybridized carbons (Fsp3) is 0.259. The Hall–Kier alpha value is -4.16. The van der Waals surface area contributed by atoms with Gasteiger partial charge in [-0.05, 0) is 55.7 Å². The second-order valence-corrected chi connectivity index (χ2v) is 10.5. The van der Waals surface area contributed by atoms with Gasteiger partial charge in [0.05, 0.1) is 16.4 Å². The lowest BCUT2D eigenvalue weighted by Gasteiger charge is -2.23. The predicted molar refractivity (Wildman–Crippen MR) is 141 cm³/mol. The molecule has 10 nitrogen and oxygen atoms in total. The zero-order valence-corrected chi connectivity index (χ0v) is 22.1. The van der Waals surface area contributed by atoms with Crippen LogP contribution in [-0.2, 0) is 37.2 Å². The van der Waals surface area contributed by atoms with Crippen molar-refractivity contribution in [2.75, 3.05) is 6.61 Å². The smallest absolute Gasteiger partial charge is 0.328 e. The number of carbonyl (C=O) groups is 2. The number of aryl methyl sites for hydroxylation is 1. The maximum absolute atomic E-state index is 13.4. The molecule has 3 aromatic carbocycles. The molecule has 0 fully saturated rings. The minimum Gasteiger partial charge on any atom is -0.464 e. The van der Waals surface area contributed by atoms with E-state index < -0.39 is 44.7 Å². The highest BCUT2D eigenvalue weighted by molar-refractivity contribution is 7.89. The minimum absolute atomic E-state index is 0.0280. The number of nitrogens with zero attached hydrogens (tertiary/aromatic N) is 1. The van der Waals surface area contributed by atoms with E-state index in [-0.39, 0.29) is 30.0 Å². The molecule has 0 aliphatic heterocycles. The van der Waals surface area contributed by atoms with Gasteiger partial charge in [0.25, 0.3) is 5.69 Å². The van der Waals surface area contributed by atoms with Gasteiger partial charge < -0.3 is 10.1 Å². The summed E-state index contributed by atoms with van der Waals surface area (Å²) in [6, 6.07) is 14.1. The summed E-state index contributed by atoms with van der Waals surface area (Å²) >= 11 is 0. The van der Waals surface area contributed by atoms with Gasteiger partial charge in [-0.1, -0.05) is 42.0 Å². The first kappa shape index (κ1) is 29.4. The van der Waals surface area contributed by atoms with Crippen LogP contribution in [0.4, 0.5) is 10.1 Å². The summed E-state index contributed by atoms with van der Waals surface area (Å²) in [6.07, 6.45) is -0.194. The molecule has 0 aliphatic rings. The van der Waals surface area contributed by atoms with Crippen molar-refractivity contribution < 1.29 is 32.1 Å². The Labute approximate surface area is 225 Å². The van der Waals surface area contributed by atoms with Crippen molar-refractivity contribution in [3.8, 4) is 0 Å². The molecule has 0 saturated heterocycles. The molecule has 2 atom stereocenters. The number of carbonyl (C=O) groups excluding carboxylic acids is 2. The molecule has 0 spiro atoms. The first-order valence-electron chi connectivity index (χ1n) is 12.0. The topological polar surface area (TPSA) is 145 Å². The van der Waals surface area contributed by atoms with E-state index in [9.17, 15) is 32.5 Å². The lowest BCUT2D eigenvalue weighted by Crippen LogP contribution is -2.53. The Bertz CT molecular complexity index is 1410. The van der Waals surface area contributed by atoms with E-state index in [0.29, 0.717) is 11.1 Å². The molecule has 39 heavy (non-hydrogen) atoms. The second-order valence-electron chi connectivity index (χ2n) is 8.76. The third-order valence-electron chi connectivity index (χ3n) is 5.77. The molecule has 3 rings (SSSR count). The molecule has 0 aromatic heterocycles. The van der Waals surface area contributed by atoms with Crippen LogP contribution >= 0.6 is 0 Å². The van der Waals surface area contributed by atoms with Crippen LogP contribution in [0.25, 0.3) is 0 Å². The predicted octanol–water partition coefficient (Wildman–Crippen LogP) is 3.22. The largest absolute Gasteiger partial charge is 0.464 e. The van der Waals surface area contributed by atoms with Crippen LogP contribution in [-0.4, -0.2) is 43.9 Å². The van der Waals surface area contributed by atoms with Crippen molar-refractivity contribution in [1.29, 1.82) is 0 Å². The van der Waals surface area contributed by atoms with Crippen LogP contribution in [0.2, 0.25) is 0 Å². The Balaban J connectivity index is 1.90. The molecule has 1 amide bonds. The van der Waals surface area contributed by atoms with E-state index in [1.165, 1.54) is 60.7 Å². The zero-order valence-electron chi connectivity index (χ0n) is 21.3. The Morgan fingerprint density at radius 3 is 2.00 bits per heavy atom. The van der Waals surface area contributed by atoms with Crippen molar-refractivity contribution in [2.45, 2.75) is 43.7 Å². The lowest BCUT2D eigenvalue weighted by atomic mass is 10.0. The summed E-state index contributed by atoms with van der Waals surface area (Å²) in [7, 11) is -4.17. The van der Waals surface area contributed by atoms with E-state index in [2.05, 4.69) is 10.0 Å². The molecule has 0 radical (unpaired) electrons. The SMILES string of the molecule is CCOC(=O)[C@H](Cc1ccc(F)cc1)NC(=O)[C@H](Cc1ccc([N+](=O)[O-])cc1)NS(=O)(=O)c1ccc(C)cc1. The lowest BCUT2D eigenvalue weighted by molar-refractivity contribution is -0.384. The number of ether oxygens (including phenoxy) is 1. The molecule has 206 valence electrons. The normalized spacial score (nSPS) is 12.8. The molecule has 0 unspecified atom stereocenters. The van der Waals surface area contributed by atoms with Crippen molar-refractivity contribution >= 4 is 27.6 Å². The summed E-state index contributed by atoms with van der Waals surface area (Å²) in [5, 5.41) is 13.6. The molecule has 0 aliphatic carbocycles. The monoisotopic (exact) mass is 557 g/mol. The van der Waals surface area contributed by atoms with Crippen LogP contribution in [0.5, 0.6) is 0 Å². The molecule has 3 aromatic rings. The second kappa shape index (κ2) is 13.1.